The Morgan fingerprint density at radius 2 is 0.780 bits per heavy atom. The Labute approximate surface area is 491 Å². The molecule has 480 valence electrons. The predicted molar refractivity (Wildman–Crippen MR) is 314 cm³/mol. The Balaban J connectivity index is 1.32. The number of carbonyl (C=O) groups is 1. The maximum atomic E-state index is 13.0. The Bertz CT molecular complexity index is 1640. The number of allylic oxidation sites excluding steroid dienone is 5. The normalized spacial score (nSPS) is 29.8. The highest BCUT2D eigenvalue weighted by Gasteiger charge is 2.53. The Kier molecular flexibility index (Phi) is 41.8. The van der Waals surface area contributed by atoms with Crippen LogP contribution in [0.2, 0.25) is 0 Å². The van der Waals surface area contributed by atoms with Crippen LogP contribution in [0.15, 0.2) is 36.5 Å². The van der Waals surface area contributed by atoms with E-state index in [1.807, 2.05) is 6.08 Å². The molecule has 3 aliphatic rings. The number of aliphatic hydroxyl groups excluding tert-OH is 11. The number of unbranched alkanes of at least 4 members (excludes halogenated alkanes) is 28. The third kappa shape index (κ3) is 29.1. The number of hydrogen-bond acceptors (Lipinski definition) is 18. The highest BCUT2D eigenvalue weighted by atomic mass is 16.8. The Hall–Kier alpha value is -1.99. The minimum atomic E-state index is -1.98. The maximum Gasteiger partial charge on any atom is 0.220 e. The first-order valence-corrected chi connectivity index (χ1v) is 32.2. The zero-order valence-electron chi connectivity index (χ0n) is 50.2. The number of amides is 1. The summed E-state index contributed by atoms with van der Waals surface area (Å²) in [6.07, 6.45) is 25.6. The third-order valence-corrected chi connectivity index (χ3v) is 16.2. The molecule has 82 heavy (non-hydrogen) atoms. The molecule has 0 spiro atoms. The molecule has 3 saturated heterocycles. The van der Waals surface area contributed by atoms with Gasteiger partial charge in [-0.3, -0.25) is 4.79 Å². The SMILES string of the molecule is CCCCCCCCCCCCCCCCCCCCCCCCC/C=C/CC/C=C/CC/C=C/C(O)C(COC1OC(CO)C(OC2OC(CO)C(OC3OC(CO)C(O)C(O)C3O)C(O)C2O)C(O)C1O)NC(=O)CCCCCC. The second kappa shape index (κ2) is 46.2. The smallest absolute Gasteiger partial charge is 0.220 e. The monoisotopic (exact) mass is 1170 g/mol. The summed E-state index contributed by atoms with van der Waals surface area (Å²) in [6, 6.07) is -0.990. The molecule has 17 unspecified atom stereocenters. The maximum absolute atomic E-state index is 13.0. The van der Waals surface area contributed by atoms with Crippen LogP contribution < -0.4 is 5.32 Å². The van der Waals surface area contributed by atoms with E-state index < -0.39 is 124 Å². The number of rotatable bonds is 48. The quantitative estimate of drug-likeness (QED) is 0.0218. The molecule has 0 aromatic heterocycles. The van der Waals surface area contributed by atoms with Gasteiger partial charge in [0.25, 0.3) is 0 Å². The number of ether oxygens (including phenoxy) is 6. The van der Waals surface area contributed by atoms with E-state index in [4.69, 9.17) is 28.4 Å². The van der Waals surface area contributed by atoms with E-state index in [0.29, 0.717) is 12.8 Å². The van der Waals surface area contributed by atoms with E-state index >= 15 is 0 Å². The lowest BCUT2D eigenvalue weighted by Crippen LogP contribution is -2.66. The molecule has 3 rings (SSSR count). The lowest BCUT2D eigenvalue weighted by Gasteiger charge is -2.48. The summed E-state index contributed by atoms with van der Waals surface area (Å²) in [5, 5.41) is 119. The lowest BCUT2D eigenvalue weighted by molar-refractivity contribution is -0.379. The number of carbonyl (C=O) groups excluding carboxylic acids is 1. The Morgan fingerprint density at radius 1 is 0.427 bits per heavy atom. The fourth-order valence-electron chi connectivity index (χ4n) is 10.9. The summed E-state index contributed by atoms with van der Waals surface area (Å²) in [5.41, 5.74) is 0. The molecule has 19 nitrogen and oxygen atoms in total. The summed E-state index contributed by atoms with van der Waals surface area (Å²) in [6.45, 7) is 1.55. The molecular formula is C63H115NO18. The van der Waals surface area contributed by atoms with Crippen molar-refractivity contribution in [1.29, 1.82) is 0 Å². The molecule has 0 radical (unpaired) electrons. The van der Waals surface area contributed by atoms with E-state index in [-0.39, 0.29) is 18.9 Å². The lowest BCUT2D eigenvalue weighted by atomic mass is 9.96. The first-order chi connectivity index (χ1) is 39.8. The van der Waals surface area contributed by atoms with Crippen LogP contribution >= 0.6 is 0 Å². The Morgan fingerprint density at radius 3 is 1.22 bits per heavy atom. The number of nitrogens with one attached hydrogen (secondary N) is 1. The largest absolute Gasteiger partial charge is 0.394 e. The summed E-state index contributed by atoms with van der Waals surface area (Å²) in [4.78, 5) is 13.0. The van der Waals surface area contributed by atoms with Gasteiger partial charge >= 0.3 is 0 Å². The molecule has 0 saturated carbocycles. The summed E-state index contributed by atoms with van der Waals surface area (Å²) >= 11 is 0. The van der Waals surface area contributed by atoms with Crippen LogP contribution in [0.5, 0.6) is 0 Å². The minimum Gasteiger partial charge on any atom is -0.394 e. The van der Waals surface area contributed by atoms with E-state index in [2.05, 4.69) is 43.5 Å². The second-order valence-electron chi connectivity index (χ2n) is 23.2. The van der Waals surface area contributed by atoms with Crippen molar-refractivity contribution < 1.29 is 89.4 Å². The van der Waals surface area contributed by atoms with Gasteiger partial charge in [-0.1, -0.05) is 211 Å². The summed E-state index contributed by atoms with van der Waals surface area (Å²) in [7, 11) is 0. The van der Waals surface area contributed by atoms with Gasteiger partial charge in [0.2, 0.25) is 5.91 Å². The van der Waals surface area contributed by atoms with Crippen molar-refractivity contribution in [3.8, 4) is 0 Å². The first-order valence-electron chi connectivity index (χ1n) is 32.2. The van der Waals surface area contributed by atoms with Crippen molar-refractivity contribution in [1.82, 2.24) is 5.32 Å². The van der Waals surface area contributed by atoms with E-state index in [1.165, 1.54) is 148 Å². The molecule has 1 amide bonds. The van der Waals surface area contributed by atoms with E-state index in [0.717, 1.165) is 44.9 Å². The molecule has 0 aromatic rings. The fraction of sp³-hybridized carbons (Fsp3) is 0.889. The van der Waals surface area contributed by atoms with Gasteiger partial charge in [0.15, 0.2) is 18.9 Å². The van der Waals surface area contributed by atoms with Gasteiger partial charge in [0, 0.05) is 6.42 Å². The molecule has 3 aliphatic heterocycles. The molecule has 0 aliphatic carbocycles. The van der Waals surface area contributed by atoms with Crippen molar-refractivity contribution in [2.45, 2.75) is 330 Å². The predicted octanol–water partition coefficient (Wildman–Crippen LogP) is 6.88. The van der Waals surface area contributed by atoms with Crippen LogP contribution in [0, 0.1) is 0 Å². The molecule has 3 heterocycles. The average molecular weight is 1170 g/mol. The van der Waals surface area contributed by atoms with Crippen molar-refractivity contribution in [2.24, 2.45) is 0 Å². The average Bonchev–Trinajstić information content (AvgIpc) is 3.67. The van der Waals surface area contributed by atoms with Gasteiger partial charge in [-0.05, 0) is 44.9 Å². The number of hydrogen-bond donors (Lipinski definition) is 12. The van der Waals surface area contributed by atoms with Crippen molar-refractivity contribution >= 4 is 5.91 Å². The highest BCUT2D eigenvalue weighted by molar-refractivity contribution is 5.76. The van der Waals surface area contributed by atoms with E-state index in [9.17, 15) is 61.0 Å². The summed E-state index contributed by atoms with van der Waals surface area (Å²) < 4.78 is 34.0. The minimum absolute atomic E-state index is 0.223. The fourth-order valence-corrected chi connectivity index (χ4v) is 10.9. The van der Waals surface area contributed by atoms with Crippen LogP contribution in [-0.2, 0) is 33.2 Å². The van der Waals surface area contributed by atoms with E-state index in [1.54, 1.807) is 6.08 Å². The summed E-state index contributed by atoms with van der Waals surface area (Å²) in [5.74, 6) is -0.308. The molecule has 19 heteroatoms. The van der Waals surface area contributed by atoms with Crippen molar-refractivity contribution in [2.75, 3.05) is 26.4 Å². The highest BCUT2D eigenvalue weighted by Crippen LogP contribution is 2.33. The van der Waals surface area contributed by atoms with Crippen molar-refractivity contribution in [3.05, 3.63) is 36.5 Å². The molecule has 0 bridgehead atoms. The van der Waals surface area contributed by atoms with Gasteiger partial charge < -0.3 is 89.9 Å². The van der Waals surface area contributed by atoms with Crippen molar-refractivity contribution in [3.63, 3.8) is 0 Å². The van der Waals surface area contributed by atoms with Crippen LogP contribution in [0.3, 0.4) is 0 Å². The van der Waals surface area contributed by atoms with Gasteiger partial charge in [0.1, 0.15) is 73.2 Å². The van der Waals surface area contributed by atoms with Crippen LogP contribution in [0.25, 0.3) is 0 Å². The van der Waals surface area contributed by atoms with Gasteiger partial charge in [0.05, 0.1) is 38.6 Å². The van der Waals surface area contributed by atoms with Gasteiger partial charge in [-0.2, -0.15) is 0 Å². The molecule has 12 N–H and O–H groups in total. The standard InChI is InChI=1S/C63H115NO18/c1-3-5-7-9-10-11-12-13-14-15-16-17-18-19-20-21-22-23-24-25-26-27-28-29-30-31-32-33-34-35-36-37-38-40-47(68)46(64-51(69)41-39-8-6-4-2)45-77-61-57(75)54(72)59(49(43-66)79-61)82-63-58(76)55(73)60(50(44-67)80-63)81-62-56(74)53(71)52(70)48(42-65)78-62/h30-31,34-35,38,40,46-50,52-63,65-68,70-76H,3-29,32-33,36-37,39,41-45H2,1-2H3,(H,64,69)/b31-30+,35-34+,40-38+. The third-order valence-electron chi connectivity index (χ3n) is 16.2. The van der Waals surface area contributed by atoms with Crippen LogP contribution in [-0.4, -0.2) is 193 Å². The molecular weight excluding hydrogens is 1060 g/mol. The second-order valence-corrected chi connectivity index (χ2v) is 23.2. The topological polar surface area (TPSA) is 307 Å². The van der Waals surface area contributed by atoms with Crippen LogP contribution in [0.4, 0.5) is 0 Å². The van der Waals surface area contributed by atoms with Crippen LogP contribution in [0.1, 0.15) is 226 Å². The zero-order chi connectivity index (χ0) is 59.7. The zero-order valence-corrected chi connectivity index (χ0v) is 50.2. The van der Waals surface area contributed by atoms with Gasteiger partial charge in [-0.25, -0.2) is 0 Å². The molecule has 3 fully saturated rings. The first kappa shape index (κ1) is 74.3. The number of aliphatic hydroxyl groups is 11. The molecule has 0 aromatic carbocycles. The van der Waals surface area contributed by atoms with Gasteiger partial charge in [-0.15, -0.1) is 0 Å². The molecule has 17 atom stereocenters.